The number of esters is 1. The molecule has 0 unspecified atom stereocenters. The maximum atomic E-state index is 11.5. The third-order valence-corrected chi connectivity index (χ3v) is 5.53. The fourth-order valence-electron chi connectivity index (χ4n) is 3.65. The quantitative estimate of drug-likeness (QED) is 0.348. The van der Waals surface area contributed by atoms with E-state index in [2.05, 4.69) is 6.08 Å². The number of hydrogen-bond acceptors (Lipinski definition) is 5. The SMILES string of the molecule is CCOC(=O)CC/C=C\C[C@@H]1CO[C@H](c2ccccc2Cl)O[C@@H]1c1ccccc1OC. The molecule has 31 heavy (non-hydrogen) atoms. The summed E-state index contributed by atoms with van der Waals surface area (Å²) in [6, 6.07) is 15.4. The minimum Gasteiger partial charge on any atom is -0.496 e. The van der Waals surface area contributed by atoms with Gasteiger partial charge in [-0.2, -0.15) is 0 Å². The molecule has 1 saturated heterocycles. The fourth-order valence-corrected chi connectivity index (χ4v) is 3.88. The predicted molar refractivity (Wildman–Crippen MR) is 120 cm³/mol. The Morgan fingerprint density at radius 1 is 1.13 bits per heavy atom. The van der Waals surface area contributed by atoms with Gasteiger partial charge in [-0.05, 0) is 31.9 Å². The van der Waals surface area contributed by atoms with Gasteiger partial charge >= 0.3 is 5.97 Å². The van der Waals surface area contributed by atoms with Crippen LogP contribution in [0.4, 0.5) is 0 Å². The molecule has 0 spiro atoms. The van der Waals surface area contributed by atoms with Crippen LogP contribution in [0.5, 0.6) is 5.75 Å². The van der Waals surface area contributed by atoms with Crippen molar-refractivity contribution in [3.63, 3.8) is 0 Å². The average molecular weight is 445 g/mol. The topological polar surface area (TPSA) is 54.0 Å². The van der Waals surface area contributed by atoms with Gasteiger partial charge in [0.15, 0.2) is 6.29 Å². The Hall–Kier alpha value is -2.34. The lowest BCUT2D eigenvalue weighted by molar-refractivity contribution is -0.244. The summed E-state index contributed by atoms with van der Waals surface area (Å²) in [6.45, 7) is 2.73. The Balaban J connectivity index is 1.74. The van der Waals surface area contributed by atoms with Crippen molar-refractivity contribution in [2.24, 2.45) is 5.92 Å². The fraction of sp³-hybridized carbons (Fsp3) is 0.400. The Morgan fingerprint density at radius 3 is 2.61 bits per heavy atom. The molecule has 5 nitrogen and oxygen atoms in total. The normalized spacial score (nSPS) is 21.2. The van der Waals surface area contributed by atoms with E-state index in [1.165, 1.54) is 0 Å². The molecule has 1 aliphatic heterocycles. The number of benzene rings is 2. The first-order chi connectivity index (χ1) is 15.1. The molecule has 3 rings (SSSR count). The molecule has 0 bridgehead atoms. The van der Waals surface area contributed by atoms with Crippen LogP contribution in [-0.2, 0) is 19.0 Å². The Bertz CT molecular complexity index is 882. The summed E-state index contributed by atoms with van der Waals surface area (Å²) in [7, 11) is 1.66. The Morgan fingerprint density at radius 2 is 1.87 bits per heavy atom. The van der Waals surface area contributed by atoms with Crippen LogP contribution in [0.25, 0.3) is 0 Å². The summed E-state index contributed by atoms with van der Waals surface area (Å²) in [5.41, 5.74) is 1.79. The molecule has 2 aromatic rings. The summed E-state index contributed by atoms with van der Waals surface area (Å²) < 4.78 is 23.0. The standard InChI is InChI=1S/C25H29ClO5/c1-3-29-23(27)16-6-4-5-11-18-17-30-25(19-12-7-9-14-21(19)26)31-24(18)20-13-8-10-15-22(20)28-2/h4-5,7-10,12-15,18,24-25H,3,6,11,16-17H2,1-2H3/b5-4-/t18-,24+,25+/m1/s1. The monoisotopic (exact) mass is 444 g/mol. The maximum absolute atomic E-state index is 11.5. The second-order valence-corrected chi connectivity index (χ2v) is 7.70. The van der Waals surface area contributed by atoms with E-state index in [-0.39, 0.29) is 18.0 Å². The molecule has 1 fully saturated rings. The molecule has 0 amide bonds. The molecule has 1 aliphatic rings. The van der Waals surface area contributed by atoms with Gasteiger partial charge in [-0.3, -0.25) is 4.79 Å². The van der Waals surface area contributed by atoms with E-state index in [4.69, 9.17) is 30.5 Å². The van der Waals surface area contributed by atoms with Gasteiger partial charge < -0.3 is 18.9 Å². The summed E-state index contributed by atoms with van der Waals surface area (Å²) >= 11 is 6.38. The molecule has 166 valence electrons. The number of ether oxygens (including phenoxy) is 4. The first-order valence-corrected chi connectivity index (χ1v) is 11.0. The molecular weight excluding hydrogens is 416 g/mol. The van der Waals surface area contributed by atoms with Crippen molar-refractivity contribution < 1.29 is 23.7 Å². The summed E-state index contributed by atoms with van der Waals surface area (Å²) in [4.78, 5) is 11.5. The highest BCUT2D eigenvalue weighted by Gasteiger charge is 2.35. The minimum absolute atomic E-state index is 0.0916. The first kappa shape index (κ1) is 23.3. The zero-order chi connectivity index (χ0) is 22.1. The van der Waals surface area contributed by atoms with Crippen LogP contribution in [0.2, 0.25) is 5.02 Å². The third-order valence-electron chi connectivity index (χ3n) is 5.19. The van der Waals surface area contributed by atoms with Crippen molar-refractivity contribution in [3.8, 4) is 5.75 Å². The summed E-state index contributed by atoms with van der Waals surface area (Å²) in [5.74, 6) is 0.698. The molecule has 3 atom stereocenters. The lowest BCUT2D eigenvalue weighted by Crippen LogP contribution is -2.30. The van der Waals surface area contributed by atoms with E-state index in [9.17, 15) is 4.79 Å². The van der Waals surface area contributed by atoms with Gasteiger partial charge in [-0.15, -0.1) is 0 Å². The Labute approximate surface area is 188 Å². The van der Waals surface area contributed by atoms with E-state index >= 15 is 0 Å². The van der Waals surface area contributed by atoms with Gasteiger partial charge in [0.25, 0.3) is 0 Å². The van der Waals surface area contributed by atoms with E-state index < -0.39 is 6.29 Å². The van der Waals surface area contributed by atoms with E-state index in [0.717, 1.165) is 23.3 Å². The second-order valence-electron chi connectivity index (χ2n) is 7.30. The van der Waals surface area contributed by atoms with E-state index in [1.54, 1.807) is 7.11 Å². The smallest absolute Gasteiger partial charge is 0.306 e. The molecule has 0 aromatic heterocycles. The van der Waals surface area contributed by atoms with E-state index in [0.29, 0.717) is 31.1 Å². The maximum Gasteiger partial charge on any atom is 0.306 e. The predicted octanol–water partition coefficient (Wildman–Crippen LogP) is 6.04. The largest absolute Gasteiger partial charge is 0.496 e. The van der Waals surface area contributed by atoms with Crippen molar-refractivity contribution in [2.45, 2.75) is 38.6 Å². The van der Waals surface area contributed by atoms with Gasteiger partial charge in [0, 0.05) is 28.5 Å². The number of carbonyl (C=O) groups excluding carboxylic acids is 1. The molecule has 2 aromatic carbocycles. The third kappa shape index (κ3) is 6.33. The Kier molecular flexibility index (Phi) is 8.95. The number of methoxy groups -OCH3 is 1. The highest BCUT2D eigenvalue weighted by Crippen LogP contribution is 2.43. The van der Waals surface area contributed by atoms with Crippen molar-refractivity contribution in [1.82, 2.24) is 0 Å². The van der Waals surface area contributed by atoms with Crippen LogP contribution in [0.15, 0.2) is 60.7 Å². The zero-order valence-corrected chi connectivity index (χ0v) is 18.7. The number of rotatable bonds is 9. The number of hydrogen-bond donors (Lipinski definition) is 0. The number of allylic oxidation sites excluding steroid dienone is 2. The number of para-hydroxylation sites is 1. The molecule has 6 heteroatoms. The van der Waals surface area contributed by atoms with Gasteiger partial charge in [0.2, 0.25) is 0 Å². The molecule has 1 heterocycles. The lowest BCUT2D eigenvalue weighted by Gasteiger charge is -2.37. The van der Waals surface area contributed by atoms with Crippen LogP contribution in [0.3, 0.4) is 0 Å². The van der Waals surface area contributed by atoms with Gasteiger partial charge in [-0.25, -0.2) is 0 Å². The highest BCUT2D eigenvalue weighted by molar-refractivity contribution is 6.31. The van der Waals surface area contributed by atoms with Gasteiger partial charge in [0.05, 0.1) is 26.4 Å². The lowest BCUT2D eigenvalue weighted by atomic mass is 9.91. The van der Waals surface area contributed by atoms with Crippen molar-refractivity contribution in [1.29, 1.82) is 0 Å². The van der Waals surface area contributed by atoms with E-state index in [1.807, 2.05) is 61.5 Å². The first-order valence-electron chi connectivity index (χ1n) is 10.6. The molecule has 0 N–H and O–H groups in total. The van der Waals surface area contributed by atoms with Crippen LogP contribution >= 0.6 is 11.6 Å². The second kappa shape index (κ2) is 11.9. The molecular formula is C25H29ClO5. The zero-order valence-electron chi connectivity index (χ0n) is 18.0. The van der Waals surface area contributed by atoms with Gasteiger partial charge in [-0.1, -0.05) is 60.2 Å². The average Bonchev–Trinajstić information content (AvgIpc) is 2.79. The van der Waals surface area contributed by atoms with Crippen molar-refractivity contribution in [3.05, 3.63) is 76.8 Å². The molecule has 0 saturated carbocycles. The summed E-state index contributed by atoms with van der Waals surface area (Å²) in [5, 5.41) is 0.614. The van der Waals surface area contributed by atoms with Crippen LogP contribution in [0.1, 0.15) is 49.7 Å². The van der Waals surface area contributed by atoms with Crippen LogP contribution in [-0.4, -0.2) is 26.3 Å². The van der Waals surface area contributed by atoms with Crippen molar-refractivity contribution >= 4 is 17.6 Å². The highest BCUT2D eigenvalue weighted by atomic mass is 35.5. The molecule has 0 aliphatic carbocycles. The summed E-state index contributed by atoms with van der Waals surface area (Å²) in [6.07, 6.45) is 5.10. The van der Waals surface area contributed by atoms with Crippen molar-refractivity contribution in [2.75, 3.05) is 20.3 Å². The van der Waals surface area contributed by atoms with Gasteiger partial charge in [0.1, 0.15) is 5.75 Å². The van der Waals surface area contributed by atoms with Crippen LogP contribution in [0, 0.1) is 5.92 Å². The minimum atomic E-state index is -0.548. The number of halogens is 1. The van der Waals surface area contributed by atoms with Crippen LogP contribution < -0.4 is 4.74 Å². The molecule has 0 radical (unpaired) electrons. The number of carbonyl (C=O) groups is 1.